The fraction of sp³-hybridized carbons (Fsp3) is 0.133. The lowest BCUT2D eigenvalue weighted by Gasteiger charge is -2.16. The normalized spacial score (nSPS) is 11.5. The van der Waals surface area contributed by atoms with Gasteiger partial charge in [-0.15, -0.1) is 0 Å². The lowest BCUT2D eigenvalue weighted by atomic mass is 10.1. The van der Waals surface area contributed by atoms with Crippen molar-refractivity contribution < 1.29 is 14.7 Å². The van der Waals surface area contributed by atoms with Crippen LogP contribution in [0.15, 0.2) is 48.7 Å². The maximum atomic E-state index is 11.9. The summed E-state index contributed by atoms with van der Waals surface area (Å²) in [6, 6.07) is 10.2. The summed E-state index contributed by atoms with van der Waals surface area (Å²) in [5.74, 6) is -1.13. The van der Waals surface area contributed by atoms with Crippen LogP contribution in [0.3, 0.4) is 0 Å². The van der Waals surface area contributed by atoms with E-state index in [1.807, 2.05) is 0 Å². The molecule has 0 spiro atoms. The minimum atomic E-state index is -1.13. The fourth-order valence-electron chi connectivity index (χ4n) is 1.84. The number of benzene rings is 1. The average Bonchev–Trinajstić information content (AvgIpc) is 2.48. The molecule has 1 atom stereocenters. The van der Waals surface area contributed by atoms with Gasteiger partial charge >= 0.3 is 12.0 Å². The molecule has 0 aliphatic rings. The van der Waals surface area contributed by atoms with E-state index in [0.29, 0.717) is 16.9 Å². The molecule has 0 aliphatic carbocycles. The van der Waals surface area contributed by atoms with Crippen LogP contribution in [0, 0.1) is 6.92 Å². The van der Waals surface area contributed by atoms with Crippen LogP contribution < -0.4 is 10.6 Å². The third-order valence-electron chi connectivity index (χ3n) is 2.91. The topological polar surface area (TPSA) is 91.3 Å². The van der Waals surface area contributed by atoms with Crippen molar-refractivity contribution >= 4 is 17.7 Å². The van der Waals surface area contributed by atoms with Crippen LogP contribution in [0.4, 0.5) is 10.5 Å². The van der Waals surface area contributed by atoms with E-state index in [-0.39, 0.29) is 0 Å². The predicted octanol–water partition coefficient (Wildman–Crippen LogP) is 2.34. The molecule has 1 aromatic heterocycles. The summed E-state index contributed by atoms with van der Waals surface area (Å²) < 4.78 is 0. The molecular weight excluding hydrogens is 270 g/mol. The maximum absolute atomic E-state index is 11.9. The molecule has 21 heavy (non-hydrogen) atoms. The van der Waals surface area contributed by atoms with Gasteiger partial charge in [0.15, 0.2) is 6.04 Å². The Labute approximate surface area is 121 Å². The van der Waals surface area contributed by atoms with Crippen molar-refractivity contribution in [1.29, 1.82) is 0 Å². The minimum Gasteiger partial charge on any atom is -0.479 e. The van der Waals surface area contributed by atoms with E-state index in [2.05, 4.69) is 15.6 Å². The largest absolute Gasteiger partial charge is 0.479 e. The molecule has 0 bridgehead atoms. The zero-order chi connectivity index (χ0) is 15.2. The molecule has 0 saturated heterocycles. The number of hydrogen-bond acceptors (Lipinski definition) is 3. The molecule has 2 rings (SSSR count). The number of hydrogen-bond donors (Lipinski definition) is 3. The molecule has 2 aromatic rings. The second-order valence-electron chi connectivity index (χ2n) is 4.42. The first-order chi connectivity index (χ1) is 10.1. The number of pyridine rings is 1. The Kier molecular flexibility index (Phi) is 4.50. The third-order valence-corrected chi connectivity index (χ3v) is 2.91. The smallest absolute Gasteiger partial charge is 0.330 e. The van der Waals surface area contributed by atoms with Crippen LogP contribution in [-0.2, 0) is 4.79 Å². The molecular formula is C15H15N3O3. The van der Waals surface area contributed by atoms with E-state index in [1.54, 1.807) is 55.6 Å². The highest BCUT2D eigenvalue weighted by atomic mass is 16.4. The number of urea groups is 1. The van der Waals surface area contributed by atoms with E-state index in [0.717, 1.165) is 0 Å². The van der Waals surface area contributed by atoms with Gasteiger partial charge in [-0.1, -0.05) is 30.3 Å². The monoisotopic (exact) mass is 285 g/mol. The van der Waals surface area contributed by atoms with Gasteiger partial charge in [-0.25, -0.2) is 9.59 Å². The Morgan fingerprint density at radius 2 is 1.86 bits per heavy atom. The Bertz CT molecular complexity index is 644. The van der Waals surface area contributed by atoms with Crippen molar-refractivity contribution in [3.8, 4) is 0 Å². The first-order valence-corrected chi connectivity index (χ1v) is 6.35. The van der Waals surface area contributed by atoms with Crippen molar-refractivity contribution in [3.63, 3.8) is 0 Å². The lowest BCUT2D eigenvalue weighted by molar-refractivity contribution is -0.139. The number of carboxylic acid groups (broad SMARTS) is 1. The number of aliphatic carboxylic acids is 1. The Morgan fingerprint density at radius 1 is 1.14 bits per heavy atom. The first-order valence-electron chi connectivity index (χ1n) is 6.35. The van der Waals surface area contributed by atoms with Gasteiger partial charge in [0.1, 0.15) is 0 Å². The second kappa shape index (κ2) is 6.51. The van der Waals surface area contributed by atoms with Gasteiger partial charge in [0.2, 0.25) is 0 Å². The predicted molar refractivity (Wildman–Crippen MR) is 77.9 cm³/mol. The van der Waals surface area contributed by atoms with E-state index < -0.39 is 18.0 Å². The zero-order valence-corrected chi connectivity index (χ0v) is 11.4. The van der Waals surface area contributed by atoms with Gasteiger partial charge in [-0.05, 0) is 24.6 Å². The number of amides is 2. The van der Waals surface area contributed by atoms with E-state index in [4.69, 9.17) is 0 Å². The zero-order valence-electron chi connectivity index (χ0n) is 11.4. The minimum absolute atomic E-state index is 0.503. The molecule has 2 amide bonds. The third kappa shape index (κ3) is 3.79. The van der Waals surface area contributed by atoms with Crippen LogP contribution in [0.25, 0.3) is 0 Å². The van der Waals surface area contributed by atoms with Crippen molar-refractivity contribution in [1.82, 2.24) is 10.3 Å². The SMILES string of the molecule is Cc1ncccc1NC(=O)N[C@H](C(=O)O)c1ccccc1. The summed E-state index contributed by atoms with van der Waals surface area (Å²) in [5.41, 5.74) is 1.69. The average molecular weight is 285 g/mol. The number of anilines is 1. The van der Waals surface area contributed by atoms with Crippen molar-refractivity contribution in [2.24, 2.45) is 0 Å². The first kappa shape index (κ1) is 14.5. The Morgan fingerprint density at radius 3 is 2.48 bits per heavy atom. The van der Waals surface area contributed by atoms with Crippen molar-refractivity contribution in [2.75, 3.05) is 5.32 Å². The van der Waals surface area contributed by atoms with Gasteiger partial charge < -0.3 is 15.7 Å². The lowest BCUT2D eigenvalue weighted by Crippen LogP contribution is -2.36. The molecule has 0 aliphatic heterocycles. The summed E-state index contributed by atoms with van der Waals surface area (Å²) in [6.45, 7) is 1.75. The standard InChI is InChI=1S/C15H15N3O3/c1-10-12(8-5-9-16-10)17-15(21)18-13(14(19)20)11-6-3-2-4-7-11/h2-9,13H,1H3,(H,19,20)(H2,17,18,21)/t13-/m0/s1. The number of carbonyl (C=O) groups excluding carboxylic acids is 1. The summed E-state index contributed by atoms with van der Waals surface area (Å²) in [6.07, 6.45) is 1.61. The second-order valence-corrected chi connectivity index (χ2v) is 4.42. The molecule has 0 radical (unpaired) electrons. The van der Waals surface area contributed by atoms with Gasteiger partial charge in [-0.2, -0.15) is 0 Å². The van der Waals surface area contributed by atoms with Crippen molar-refractivity contribution in [3.05, 3.63) is 59.9 Å². The van der Waals surface area contributed by atoms with E-state index in [9.17, 15) is 14.7 Å². The summed E-state index contributed by atoms with van der Waals surface area (Å²) in [4.78, 5) is 27.3. The van der Waals surface area contributed by atoms with Gasteiger partial charge in [0, 0.05) is 6.20 Å². The fourth-order valence-corrected chi connectivity index (χ4v) is 1.84. The molecule has 108 valence electrons. The highest BCUT2D eigenvalue weighted by molar-refractivity contribution is 5.92. The summed E-state index contributed by atoms with van der Waals surface area (Å²) in [5, 5.41) is 14.3. The number of aromatic nitrogens is 1. The summed E-state index contributed by atoms with van der Waals surface area (Å²) >= 11 is 0. The summed E-state index contributed by atoms with van der Waals surface area (Å²) in [7, 11) is 0. The molecule has 6 nitrogen and oxygen atoms in total. The highest BCUT2D eigenvalue weighted by Crippen LogP contribution is 2.14. The van der Waals surface area contributed by atoms with Crippen LogP contribution in [0.2, 0.25) is 0 Å². The van der Waals surface area contributed by atoms with Crippen LogP contribution in [0.1, 0.15) is 17.3 Å². The van der Waals surface area contributed by atoms with Gasteiger partial charge in [-0.3, -0.25) is 4.98 Å². The van der Waals surface area contributed by atoms with E-state index in [1.165, 1.54) is 0 Å². The van der Waals surface area contributed by atoms with Crippen LogP contribution >= 0.6 is 0 Å². The number of nitrogens with one attached hydrogen (secondary N) is 2. The van der Waals surface area contributed by atoms with Gasteiger partial charge in [0.05, 0.1) is 11.4 Å². The maximum Gasteiger partial charge on any atom is 0.330 e. The highest BCUT2D eigenvalue weighted by Gasteiger charge is 2.21. The molecule has 0 fully saturated rings. The Balaban J connectivity index is 2.10. The number of carbonyl (C=O) groups is 2. The quantitative estimate of drug-likeness (QED) is 0.804. The Hall–Kier alpha value is -2.89. The molecule has 0 unspecified atom stereocenters. The molecule has 0 saturated carbocycles. The molecule has 6 heteroatoms. The van der Waals surface area contributed by atoms with Crippen molar-refractivity contribution in [2.45, 2.75) is 13.0 Å². The molecule has 1 aromatic carbocycles. The number of rotatable bonds is 4. The number of nitrogens with zero attached hydrogens (tertiary/aromatic N) is 1. The van der Waals surface area contributed by atoms with Crippen LogP contribution in [-0.4, -0.2) is 22.1 Å². The van der Waals surface area contributed by atoms with E-state index >= 15 is 0 Å². The van der Waals surface area contributed by atoms with Crippen LogP contribution in [0.5, 0.6) is 0 Å². The van der Waals surface area contributed by atoms with Gasteiger partial charge in [0.25, 0.3) is 0 Å². The molecule has 1 heterocycles. The number of aryl methyl sites for hydroxylation is 1. The molecule has 3 N–H and O–H groups in total. The number of carboxylic acids is 1.